The highest BCUT2D eigenvalue weighted by Gasteiger charge is 2.18. The molecular weight excluding hydrogens is 368 g/mol. The molecule has 138 valence electrons. The average Bonchev–Trinajstić information content (AvgIpc) is 3.03. The van der Waals surface area contributed by atoms with E-state index in [9.17, 15) is 13.2 Å². The fraction of sp³-hybridized carbons (Fsp3) is 0.105. The van der Waals surface area contributed by atoms with Crippen LogP contribution in [-0.4, -0.2) is 32.0 Å². The Labute approximate surface area is 157 Å². The van der Waals surface area contributed by atoms with Gasteiger partial charge >= 0.3 is 0 Å². The SMILES string of the molecule is COc1cc(-c2c(-c3ccccc3)noc2C)ccc1NC(=O)C=S(=O)=O. The van der Waals surface area contributed by atoms with Gasteiger partial charge in [0.05, 0.1) is 18.4 Å². The van der Waals surface area contributed by atoms with E-state index in [-0.39, 0.29) is 0 Å². The van der Waals surface area contributed by atoms with Crippen LogP contribution in [0, 0.1) is 6.92 Å². The van der Waals surface area contributed by atoms with E-state index in [1.54, 1.807) is 18.2 Å². The summed E-state index contributed by atoms with van der Waals surface area (Å²) < 4.78 is 31.9. The van der Waals surface area contributed by atoms with Crippen molar-refractivity contribution in [3.05, 3.63) is 54.3 Å². The lowest BCUT2D eigenvalue weighted by Crippen LogP contribution is -2.13. The summed E-state index contributed by atoms with van der Waals surface area (Å²) in [7, 11) is -1.12. The summed E-state index contributed by atoms with van der Waals surface area (Å²) in [5.74, 6) is 0.258. The van der Waals surface area contributed by atoms with Crippen molar-refractivity contribution in [2.75, 3.05) is 12.4 Å². The Kier molecular flexibility index (Phi) is 5.37. The summed E-state index contributed by atoms with van der Waals surface area (Å²) in [6.07, 6.45) is 0. The fourth-order valence-electron chi connectivity index (χ4n) is 2.70. The van der Waals surface area contributed by atoms with Gasteiger partial charge in [0.1, 0.15) is 22.6 Å². The van der Waals surface area contributed by atoms with Crippen LogP contribution in [0.1, 0.15) is 5.76 Å². The number of methoxy groups -OCH3 is 1. The van der Waals surface area contributed by atoms with Gasteiger partial charge in [-0.3, -0.25) is 4.79 Å². The quantitative estimate of drug-likeness (QED) is 0.679. The molecular formula is C19H16N2O5S. The Bertz CT molecular complexity index is 1110. The maximum atomic E-state index is 11.7. The molecule has 0 spiro atoms. The van der Waals surface area contributed by atoms with Gasteiger partial charge in [-0.25, -0.2) is 0 Å². The van der Waals surface area contributed by atoms with E-state index in [0.29, 0.717) is 28.3 Å². The van der Waals surface area contributed by atoms with Gasteiger partial charge in [-0.05, 0) is 24.6 Å². The smallest absolute Gasteiger partial charge is 0.263 e. The van der Waals surface area contributed by atoms with Crippen LogP contribution in [0.25, 0.3) is 22.4 Å². The fourth-order valence-corrected chi connectivity index (χ4v) is 2.94. The zero-order valence-electron chi connectivity index (χ0n) is 14.6. The normalized spacial score (nSPS) is 10.3. The number of hydrogen-bond donors (Lipinski definition) is 1. The van der Waals surface area contributed by atoms with E-state index in [1.165, 1.54) is 7.11 Å². The third-order valence-corrected chi connectivity index (χ3v) is 4.27. The van der Waals surface area contributed by atoms with Crippen LogP contribution in [-0.2, 0) is 15.1 Å². The standard InChI is InChI=1S/C19H16N2O5S/c1-12-18(19(21-26-12)13-6-4-3-5-7-13)14-8-9-15(16(10-14)25-2)20-17(22)11-27(23)24/h3-11H,1-2H3,(H,20,22). The van der Waals surface area contributed by atoms with Crippen molar-refractivity contribution < 1.29 is 22.5 Å². The lowest BCUT2D eigenvalue weighted by atomic mass is 9.99. The third-order valence-electron chi connectivity index (χ3n) is 3.86. The number of benzene rings is 2. The van der Waals surface area contributed by atoms with Crippen LogP contribution < -0.4 is 10.1 Å². The molecule has 3 rings (SSSR count). The summed E-state index contributed by atoms with van der Waals surface area (Å²) in [4.78, 5) is 11.7. The lowest BCUT2D eigenvalue weighted by molar-refractivity contribution is -0.109. The maximum Gasteiger partial charge on any atom is 0.263 e. The predicted molar refractivity (Wildman–Crippen MR) is 102 cm³/mol. The molecule has 0 saturated heterocycles. The number of rotatable bonds is 5. The van der Waals surface area contributed by atoms with E-state index in [2.05, 4.69) is 10.5 Å². The van der Waals surface area contributed by atoms with Gasteiger partial charge in [0, 0.05) is 5.56 Å². The number of hydrogen-bond acceptors (Lipinski definition) is 6. The number of anilines is 1. The molecule has 0 atom stereocenters. The van der Waals surface area contributed by atoms with Gasteiger partial charge in [0.15, 0.2) is 0 Å². The lowest BCUT2D eigenvalue weighted by Gasteiger charge is -2.11. The molecule has 0 unspecified atom stereocenters. The predicted octanol–water partition coefficient (Wildman–Crippen LogP) is 2.95. The monoisotopic (exact) mass is 384 g/mol. The van der Waals surface area contributed by atoms with Crippen LogP contribution in [0.3, 0.4) is 0 Å². The molecule has 1 amide bonds. The van der Waals surface area contributed by atoms with Crippen LogP contribution in [0.4, 0.5) is 5.69 Å². The largest absolute Gasteiger partial charge is 0.495 e. The van der Waals surface area contributed by atoms with Crippen molar-refractivity contribution in [3.8, 4) is 28.1 Å². The first-order valence-electron chi connectivity index (χ1n) is 7.93. The second-order valence-corrected chi connectivity index (χ2v) is 6.37. The molecule has 0 aliphatic carbocycles. The number of ether oxygens (including phenoxy) is 1. The van der Waals surface area contributed by atoms with Gasteiger partial charge < -0.3 is 14.6 Å². The van der Waals surface area contributed by atoms with Gasteiger partial charge in [-0.1, -0.05) is 41.6 Å². The Morgan fingerprint density at radius 1 is 1.15 bits per heavy atom. The van der Waals surface area contributed by atoms with Crippen molar-refractivity contribution in [2.45, 2.75) is 6.92 Å². The highest BCUT2D eigenvalue weighted by Crippen LogP contribution is 2.37. The van der Waals surface area contributed by atoms with E-state index in [1.807, 2.05) is 37.3 Å². The first kappa shape index (κ1) is 18.4. The molecule has 8 heteroatoms. The number of carbonyl (C=O) groups excluding carboxylic acids is 1. The number of carbonyl (C=O) groups is 1. The van der Waals surface area contributed by atoms with Crippen molar-refractivity contribution in [1.82, 2.24) is 5.16 Å². The zero-order valence-corrected chi connectivity index (χ0v) is 15.4. The summed E-state index contributed by atoms with van der Waals surface area (Å²) in [6.45, 7) is 1.81. The molecule has 0 aliphatic heterocycles. The molecule has 1 N–H and O–H groups in total. The van der Waals surface area contributed by atoms with Crippen LogP contribution in [0.2, 0.25) is 0 Å². The molecule has 0 saturated carbocycles. The first-order valence-corrected chi connectivity index (χ1v) is 9.07. The van der Waals surface area contributed by atoms with Crippen LogP contribution in [0.5, 0.6) is 5.75 Å². The molecule has 27 heavy (non-hydrogen) atoms. The first-order chi connectivity index (χ1) is 13.0. The minimum Gasteiger partial charge on any atom is -0.495 e. The summed E-state index contributed by atoms with van der Waals surface area (Å²) in [5, 5.41) is 7.18. The van der Waals surface area contributed by atoms with Crippen LogP contribution in [0.15, 0.2) is 53.1 Å². The second kappa shape index (κ2) is 7.88. The van der Waals surface area contributed by atoms with E-state index >= 15 is 0 Å². The Hall–Kier alpha value is -3.39. The van der Waals surface area contributed by atoms with Crippen molar-refractivity contribution >= 4 is 27.3 Å². The Morgan fingerprint density at radius 2 is 1.89 bits per heavy atom. The summed E-state index contributed by atoms with van der Waals surface area (Å²) >= 11 is 0. The van der Waals surface area contributed by atoms with Crippen molar-refractivity contribution in [1.29, 1.82) is 0 Å². The van der Waals surface area contributed by atoms with E-state index in [4.69, 9.17) is 9.26 Å². The highest BCUT2D eigenvalue weighted by atomic mass is 32.2. The molecule has 0 fully saturated rings. The summed E-state index contributed by atoms with van der Waals surface area (Å²) in [5.41, 5.74) is 3.56. The average molecular weight is 384 g/mol. The topological polar surface area (TPSA) is 98.5 Å². The van der Waals surface area contributed by atoms with Crippen molar-refractivity contribution in [3.63, 3.8) is 0 Å². The Balaban J connectivity index is 2.03. The molecule has 2 aromatic carbocycles. The van der Waals surface area contributed by atoms with Gasteiger partial charge in [-0.15, -0.1) is 0 Å². The van der Waals surface area contributed by atoms with Gasteiger partial charge in [0.25, 0.3) is 5.91 Å². The molecule has 0 aliphatic rings. The maximum absolute atomic E-state index is 11.7. The molecule has 3 aromatic rings. The van der Waals surface area contributed by atoms with E-state index < -0.39 is 16.2 Å². The van der Waals surface area contributed by atoms with Gasteiger partial charge in [0.2, 0.25) is 10.3 Å². The zero-order chi connectivity index (χ0) is 19.4. The van der Waals surface area contributed by atoms with Crippen LogP contribution >= 0.6 is 0 Å². The Morgan fingerprint density at radius 3 is 2.56 bits per heavy atom. The third kappa shape index (κ3) is 4.06. The molecule has 0 bridgehead atoms. The molecule has 7 nitrogen and oxygen atoms in total. The minimum atomic E-state index is -2.58. The number of nitrogens with one attached hydrogen (secondary N) is 1. The number of aryl methyl sites for hydroxylation is 1. The molecule has 0 radical (unpaired) electrons. The number of amides is 1. The minimum absolute atomic E-state index is 0.350. The molecule has 1 aromatic heterocycles. The summed E-state index contributed by atoms with van der Waals surface area (Å²) in [6, 6.07) is 14.8. The van der Waals surface area contributed by atoms with Crippen molar-refractivity contribution in [2.24, 2.45) is 0 Å². The van der Waals surface area contributed by atoms with Gasteiger partial charge in [-0.2, -0.15) is 8.42 Å². The van der Waals surface area contributed by atoms with E-state index in [0.717, 1.165) is 16.7 Å². The number of aromatic nitrogens is 1. The second-order valence-electron chi connectivity index (χ2n) is 5.61. The highest BCUT2D eigenvalue weighted by molar-refractivity contribution is 7.73. The molecule has 1 heterocycles. The number of nitrogens with zero attached hydrogens (tertiary/aromatic N) is 1.